The second-order valence-corrected chi connectivity index (χ2v) is 7.93. The fraction of sp³-hybridized carbons (Fsp3) is 0.381. The first-order valence-corrected chi connectivity index (χ1v) is 10.3. The van der Waals surface area contributed by atoms with Crippen LogP contribution in [0, 0.1) is 0 Å². The van der Waals surface area contributed by atoms with Crippen LogP contribution in [0.3, 0.4) is 0 Å². The Morgan fingerprint density at radius 2 is 1.91 bits per heavy atom. The normalized spacial score (nSPS) is 17.1. The lowest BCUT2D eigenvalue weighted by Gasteiger charge is -2.37. The number of benzene rings is 1. The van der Waals surface area contributed by atoms with E-state index in [4.69, 9.17) is 9.94 Å². The Bertz CT molecular complexity index is 1100. The fourth-order valence-corrected chi connectivity index (χ4v) is 3.77. The van der Waals surface area contributed by atoms with E-state index in [1.54, 1.807) is 11.0 Å². The quantitative estimate of drug-likeness (QED) is 0.648. The van der Waals surface area contributed by atoms with Gasteiger partial charge in [0.25, 0.3) is 5.91 Å². The Morgan fingerprint density at radius 1 is 1.21 bits per heavy atom. The number of rotatable bonds is 6. The van der Waals surface area contributed by atoms with E-state index in [0.29, 0.717) is 31.5 Å². The number of alkyl halides is 3. The van der Waals surface area contributed by atoms with E-state index < -0.39 is 17.9 Å². The number of hydrogen-bond acceptors (Lipinski definition) is 8. The zero-order chi connectivity index (χ0) is 24.3. The molecule has 0 bridgehead atoms. The van der Waals surface area contributed by atoms with E-state index in [2.05, 4.69) is 25.2 Å². The Labute approximate surface area is 191 Å². The molecule has 2 aliphatic heterocycles. The topological polar surface area (TPSA) is 126 Å². The van der Waals surface area contributed by atoms with Crippen molar-refractivity contribution < 1.29 is 37.4 Å². The maximum absolute atomic E-state index is 12.8. The predicted molar refractivity (Wildman–Crippen MR) is 111 cm³/mol. The van der Waals surface area contributed by atoms with Gasteiger partial charge in [-0.2, -0.15) is 0 Å². The molecule has 2 aliphatic rings. The second-order valence-electron chi connectivity index (χ2n) is 7.93. The number of carboxylic acid groups (broad SMARTS) is 1. The number of amides is 1. The van der Waals surface area contributed by atoms with Crippen LogP contribution < -0.4 is 10.1 Å². The summed E-state index contributed by atoms with van der Waals surface area (Å²) in [6.45, 7) is 0.895. The molecule has 0 saturated carbocycles. The molecule has 3 heterocycles. The molecule has 0 unspecified atom stereocenters. The highest BCUT2D eigenvalue weighted by molar-refractivity contribution is 6.36. The van der Waals surface area contributed by atoms with Gasteiger partial charge in [-0.25, -0.2) is 14.8 Å². The summed E-state index contributed by atoms with van der Waals surface area (Å²) in [7, 11) is 0. The molecule has 1 saturated heterocycles. The number of halogens is 3. The highest BCUT2D eigenvalue weighted by Gasteiger charge is 2.44. The molecule has 0 aliphatic carbocycles. The largest absolute Gasteiger partial charge is 0.573 e. The van der Waals surface area contributed by atoms with Crippen LogP contribution in [0.1, 0.15) is 35.2 Å². The number of likely N-dealkylation sites (tertiary alicyclic amines) is 1. The molecule has 1 aromatic carbocycles. The molecule has 180 valence electrons. The Hall–Kier alpha value is -3.90. The first-order valence-electron chi connectivity index (χ1n) is 10.3. The summed E-state index contributed by atoms with van der Waals surface area (Å²) in [6.07, 6.45) is -0.927. The summed E-state index contributed by atoms with van der Waals surface area (Å²) in [5, 5.41) is 15.6. The first-order chi connectivity index (χ1) is 16.1. The van der Waals surface area contributed by atoms with Crippen LogP contribution in [-0.2, 0) is 16.2 Å². The van der Waals surface area contributed by atoms with E-state index in [1.807, 2.05) is 0 Å². The van der Waals surface area contributed by atoms with Crippen molar-refractivity contribution in [3.63, 3.8) is 0 Å². The molecular formula is C21H20F3N5O5. The van der Waals surface area contributed by atoms with Gasteiger partial charge in [-0.05, 0) is 17.7 Å². The number of carbonyl (C=O) groups excluding carboxylic acids is 1. The number of anilines is 1. The lowest BCUT2D eigenvalue weighted by atomic mass is 9.86. The molecule has 1 spiro atoms. The highest BCUT2D eigenvalue weighted by atomic mass is 19.4. The zero-order valence-corrected chi connectivity index (χ0v) is 17.7. The van der Waals surface area contributed by atoms with Gasteiger partial charge in [0.1, 0.15) is 11.4 Å². The average Bonchev–Trinajstić information content (AvgIpc) is 3.21. The lowest BCUT2D eigenvalue weighted by molar-refractivity contribution is -0.274. The minimum Gasteiger partial charge on any atom is -0.477 e. The maximum Gasteiger partial charge on any atom is 0.573 e. The Morgan fingerprint density at radius 3 is 2.53 bits per heavy atom. The molecule has 2 N–H and O–H groups in total. The van der Waals surface area contributed by atoms with Gasteiger partial charge in [0.2, 0.25) is 5.95 Å². The standard InChI is InChI=1S/C21H20F3N5O5/c22-21(23,24)33-15-3-1-2-13(8-15)10-25-19-26-11-14(12-27-19)17(30)29-6-4-20(5-7-29)9-16(18(31)32)28-34-20/h1-3,8,11-12H,4-7,9-10H2,(H,31,32)(H,25,26,27). The molecule has 1 amide bonds. The molecule has 4 rings (SSSR count). The van der Waals surface area contributed by atoms with Crippen molar-refractivity contribution in [2.24, 2.45) is 5.16 Å². The van der Waals surface area contributed by atoms with Gasteiger partial charge in [-0.3, -0.25) is 4.79 Å². The van der Waals surface area contributed by atoms with Gasteiger partial charge in [0.15, 0.2) is 5.71 Å². The summed E-state index contributed by atoms with van der Waals surface area (Å²) in [5.41, 5.74) is 0.0988. The number of carboxylic acids is 1. The zero-order valence-electron chi connectivity index (χ0n) is 17.7. The third-order valence-electron chi connectivity index (χ3n) is 5.53. The van der Waals surface area contributed by atoms with Gasteiger partial charge in [0, 0.05) is 51.3 Å². The lowest BCUT2D eigenvalue weighted by Crippen LogP contribution is -2.47. The van der Waals surface area contributed by atoms with Crippen LogP contribution in [0.2, 0.25) is 0 Å². The van der Waals surface area contributed by atoms with E-state index in [9.17, 15) is 22.8 Å². The SMILES string of the molecule is O=C(O)C1=NOC2(CCN(C(=O)c3cnc(NCc4cccc(OC(F)(F)F)c4)nc3)CC2)C1. The summed E-state index contributed by atoms with van der Waals surface area (Å²) in [5.74, 6) is -1.50. The van der Waals surface area contributed by atoms with Crippen molar-refractivity contribution in [3.8, 4) is 5.75 Å². The van der Waals surface area contributed by atoms with Crippen LogP contribution in [-0.4, -0.2) is 62.6 Å². The molecule has 10 nitrogen and oxygen atoms in total. The Balaban J connectivity index is 1.29. The number of ether oxygens (including phenoxy) is 1. The van der Waals surface area contributed by atoms with Crippen LogP contribution in [0.5, 0.6) is 5.75 Å². The summed E-state index contributed by atoms with van der Waals surface area (Å²) in [4.78, 5) is 39.0. The third-order valence-corrected chi connectivity index (χ3v) is 5.53. The highest BCUT2D eigenvalue weighted by Crippen LogP contribution is 2.35. The number of aliphatic carboxylic acids is 1. The predicted octanol–water partition coefficient (Wildman–Crippen LogP) is 2.82. The van der Waals surface area contributed by atoms with Crippen molar-refractivity contribution in [1.29, 1.82) is 0 Å². The fourth-order valence-electron chi connectivity index (χ4n) is 3.77. The van der Waals surface area contributed by atoms with Gasteiger partial charge < -0.3 is 24.9 Å². The molecule has 0 atom stereocenters. The van der Waals surface area contributed by atoms with E-state index in [0.717, 1.165) is 0 Å². The van der Waals surface area contributed by atoms with Crippen LogP contribution >= 0.6 is 0 Å². The van der Waals surface area contributed by atoms with Crippen LogP contribution in [0.25, 0.3) is 0 Å². The minimum absolute atomic E-state index is 0.0177. The average molecular weight is 479 g/mol. The molecule has 34 heavy (non-hydrogen) atoms. The van der Waals surface area contributed by atoms with E-state index in [-0.39, 0.29) is 41.8 Å². The van der Waals surface area contributed by atoms with E-state index in [1.165, 1.54) is 30.6 Å². The number of nitrogens with zero attached hydrogens (tertiary/aromatic N) is 4. The van der Waals surface area contributed by atoms with Gasteiger partial charge in [-0.1, -0.05) is 17.3 Å². The van der Waals surface area contributed by atoms with Gasteiger partial charge in [-0.15, -0.1) is 13.2 Å². The number of oxime groups is 1. The molecular weight excluding hydrogens is 459 g/mol. The summed E-state index contributed by atoms with van der Waals surface area (Å²) < 4.78 is 41.0. The second kappa shape index (κ2) is 9.15. The Kier molecular flexibility index (Phi) is 6.26. The maximum atomic E-state index is 12.8. The summed E-state index contributed by atoms with van der Waals surface area (Å²) >= 11 is 0. The first kappa shape index (κ1) is 23.3. The third kappa shape index (κ3) is 5.53. The minimum atomic E-state index is -4.77. The number of aromatic nitrogens is 2. The van der Waals surface area contributed by atoms with Crippen molar-refractivity contribution in [2.75, 3.05) is 18.4 Å². The van der Waals surface area contributed by atoms with E-state index >= 15 is 0 Å². The summed E-state index contributed by atoms with van der Waals surface area (Å²) in [6, 6.07) is 5.51. The van der Waals surface area contributed by atoms with Crippen molar-refractivity contribution in [3.05, 3.63) is 47.8 Å². The van der Waals surface area contributed by atoms with Gasteiger partial charge in [0.05, 0.1) is 5.56 Å². The van der Waals surface area contributed by atoms with Crippen LogP contribution in [0.4, 0.5) is 19.1 Å². The molecule has 1 aromatic heterocycles. The van der Waals surface area contributed by atoms with Crippen LogP contribution in [0.15, 0.2) is 41.8 Å². The van der Waals surface area contributed by atoms with Crippen molar-refractivity contribution in [1.82, 2.24) is 14.9 Å². The molecule has 13 heteroatoms. The molecule has 0 radical (unpaired) electrons. The van der Waals surface area contributed by atoms with Crippen molar-refractivity contribution >= 4 is 23.5 Å². The number of nitrogens with one attached hydrogen (secondary N) is 1. The molecule has 1 fully saturated rings. The number of carbonyl (C=O) groups is 2. The number of hydrogen-bond donors (Lipinski definition) is 2. The van der Waals surface area contributed by atoms with Gasteiger partial charge >= 0.3 is 12.3 Å². The smallest absolute Gasteiger partial charge is 0.477 e. The molecule has 2 aromatic rings. The number of piperidine rings is 1. The van der Waals surface area contributed by atoms with Crippen molar-refractivity contribution in [2.45, 2.75) is 37.8 Å². The monoisotopic (exact) mass is 479 g/mol.